The molecule has 10 heteroatoms. The molecule has 1 heterocycles. The molecule has 2 atom stereocenters. The Morgan fingerprint density at radius 2 is 1.00 bits per heavy atom. The lowest BCUT2D eigenvalue weighted by Crippen LogP contribution is -2.43. The lowest BCUT2D eigenvalue weighted by atomic mass is 10.4. The molecule has 2 nitrogen and oxygen atoms in total. The Bertz CT molecular complexity index is 699. The number of alkyl halides is 6. The molecule has 1 fully saturated rings. The maximum absolute atomic E-state index is 6.27. The summed E-state index contributed by atoms with van der Waals surface area (Å²) in [6, 6.07) is 18.8. The molecule has 2 aromatic carbocycles. The molecule has 0 radical (unpaired) electrons. The average molecular weight is 511 g/mol. The van der Waals surface area contributed by atoms with E-state index < -0.39 is 35.6 Å². The lowest BCUT2D eigenvalue weighted by molar-refractivity contribution is 0.196. The molecule has 0 bridgehead atoms. The van der Waals surface area contributed by atoms with Crippen LogP contribution >= 0.6 is 85.9 Å². The van der Waals surface area contributed by atoms with Gasteiger partial charge in [0.05, 0.1) is 0 Å². The van der Waals surface area contributed by atoms with Crippen molar-refractivity contribution < 1.29 is 9.05 Å². The van der Waals surface area contributed by atoms with Crippen LogP contribution in [-0.4, -0.2) is 19.3 Å². The van der Waals surface area contributed by atoms with Crippen LogP contribution in [0, 0.1) is 0 Å². The maximum atomic E-state index is 6.27. The molecule has 0 N–H and O–H groups in total. The van der Waals surface area contributed by atoms with Gasteiger partial charge in [-0.25, -0.2) is 0 Å². The predicted octanol–water partition coefficient (Wildman–Crippen LogP) is 6.87. The molecule has 2 aromatic rings. The first-order valence-corrected chi connectivity index (χ1v) is 12.3. The Labute approximate surface area is 184 Å². The van der Waals surface area contributed by atoms with Crippen molar-refractivity contribution in [3.05, 3.63) is 60.7 Å². The number of halogens is 6. The van der Waals surface area contributed by atoms with Crippen LogP contribution in [0.3, 0.4) is 0 Å². The standard InChI is InChI=1S/C16H12Cl6O2P2/c17-15(18,19)13-23-26(12-9-5-2-6-10-12)24-14(16(20,21)22)25(13)11-7-3-1-4-8-11/h1-10,13-14H. The van der Waals surface area contributed by atoms with Crippen molar-refractivity contribution in [3.63, 3.8) is 0 Å². The molecule has 0 aliphatic carbocycles. The first kappa shape index (κ1) is 21.7. The third-order valence-corrected chi connectivity index (χ3v) is 10.3. The van der Waals surface area contributed by atoms with Gasteiger partial charge in [-0.15, -0.1) is 0 Å². The van der Waals surface area contributed by atoms with Crippen molar-refractivity contribution in [3.8, 4) is 0 Å². The van der Waals surface area contributed by atoms with E-state index in [2.05, 4.69) is 0 Å². The van der Waals surface area contributed by atoms with Gasteiger partial charge >= 0.3 is 0 Å². The van der Waals surface area contributed by atoms with E-state index in [1.54, 1.807) is 0 Å². The van der Waals surface area contributed by atoms with Gasteiger partial charge in [-0.1, -0.05) is 118 Å². The summed E-state index contributed by atoms with van der Waals surface area (Å²) in [6.07, 6.45) is 0. The third kappa shape index (κ3) is 5.11. The molecular formula is C16H12Cl6O2P2. The van der Waals surface area contributed by atoms with Crippen LogP contribution in [0.15, 0.2) is 60.7 Å². The maximum Gasteiger partial charge on any atom is 0.221 e. The van der Waals surface area contributed by atoms with Crippen molar-refractivity contribution in [1.82, 2.24) is 0 Å². The highest BCUT2D eigenvalue weighted by Crippen LogP contribution is 2.69. The fourth-order valence-corrected chi connectivity index (χ4v) is 9.59. The SMILES string of the molecule is ClC(Cl)(Cl)C1OP(c2ccccc2)OC(C(Cl)(Cl)Cl)P1c1ccccc1. The summed E-state index contributed by atoms with van der Waals surface area (Å²) in [6.45, 7) is 0. The molecule has 0 spiro atoms. The molecule has 0 saturated carbocycles. The number of hydrogen-bond donors (Lipinski definition) is 0. The van der Waals surface area contributed by atoms with Crippen LogP contribution in [0.5, 0.6) is 0 Å². The second kappa shape index (κ2) is 8.76. The molecular weight excluding hydrogens is 499 g/mol. The van der Waals surface area contributed by atoms with E-state index in [-0.39, 0.29) is 0 Å². The molecule has 140 valence electrons. The summed E-state index contributed by atoms with van der Waals surface area (Å²) in [5, 5.41) is 1.67. The first-order valence-electron chi connectivity index (χ1n) is 7.33. The van der Waals surface area contributed by atoms with E-state index in [0.717, 1.165) is 10.6 Å². The second-order valence-electron chi connectivity index (χ2n) is 5.33. The van der Waals surface area contributed by atoms with Crippen molar-refractivity contribution in [2.24, 2.45) is 0 Å². The van der Waals surface area contributed by atoms with Crippen LogP contribution in [-0.2, 0) is 9.05 Å². The van der Waals surface area contributed by atoms with Crippen LogP contribution in [0.4, 0.5) is 0 Å². The molecule has 3 rings (SSSR count). The number of rotatable bonds is 2. The summed E-state index contributed by atoms with van der Waals surface area (Å²) in [4.78, 5) is 0. The summed E-state index contributed by atoms with van der Waals surface area (Å²) < 4.78 is 8.83. The quantitative estimate of drug-likeness (QED) is 0.324. The normalized spacial score (nSPS) is 27.3. The molecule has 1 aliphatic heterocycles. The summed E-state index contributed by atoms with van der Waals surface area (Å²) in [5.74, 6) is -1.60. The molecule has 2 unspecified atom stereocenters. The minimum Gasteiger partial charge on any atom is -0.318 e. The Kier molecular flexibility index (Phi) is 7.30. The zero-order valence-electron chi connectivity index (χ0n) is 12.9. The number of benzene rings is 2. The fraction of sp³-hybridized carbons (Fsp3) is 0.250. The molecule has 0 amide bonds. The van der Waals surface area contributed by atoms with Crippen LogP contribution in [0.25, 0.3) is 0 Å². The molecule has 26 heavy (non-hydrogen) atoms. The Hall–Kier alpha value is 0.960. The van der Waals surface area contributed by atoms with Gasteiger partial charge in [0, 0.05) is 5.30 Å². The second-order valence-corrected chi connectivity index (χ2v) is 13.8. The van der Waals surface area contributed by atoms with E-state index in [1.807, 2.05) is 60.7 Å². The highest BCUT2D eigenvalue weighted by atomic mass is 35.6. The van der Waals surface area contributed by atoms with Gasteiger partial charge in [-0.05, 0) is 25.4 Å². The molecule has 1 saturated heterocycles. The summed E-state index contributed by atoms with van der Waals surface area (Å²) in [5.41, 5.74) is 0. The largest absolute Gasteiger partial charge is 0.318 e. The average Bonchev–Trinajstić information content (AvgIpc) is 2.60. The lowest BCUT2D eigenvalue weighted by Gasteiger charge is -2.46. The van der Waals surface area contributed by atoms with Crippen molar-refractivity contribution in [1.29, 1.82) is 0 Å². The molecule has 1 aliphatic rings. The number of hydrogen-bond acceptors (Lipinski definition) is 2. The van der Waals surface area contributed by atoms with E-state index in [1.165, 1.54) is 0 Å². The topological polar surface area (TPSA) is 18.5 Å². The Morgan fingerprint density at radius 3 is 1.38 bits per heavy atom. The minimum atomic E-state index is -1.71. The van der Waals surface area contributed by atoms with Gasteiger partial charge < -0.3 is 9.05 Å². The van der Waals surface area contributed by atoms with Gasteiger partial charge in [0.2, 0.25) is 16.0 Å². The van der Waals surface area contributed by atoms with Gasteiger partial charge in [0.15, 0.2) is 0 Å². The van der Waals surface area contributed by atoms with E-state index in [9.17, 15) is 0 Å². The van der Waals surface area contributed by atoms with Crippen LogP contribution in [0.2, 0.25) is 0 Å². The van der Waals surface area contributed by atoms with Gasteiger partial charge in [-0.2, -0.15) is 0 Å². The predicted molar refractivity (Wildman–Crippen MR) is 116 cm³/mol. The Balaban J connectivity index is 2.06. The van der Waals surface area contributed by atoms with Gasteiger partial charge in [-0.3, -0.25) is 0 Å². The first-order chi connectivity index (χ1) is 12.2. The van der Waals surface area contributed by atoms with E-state index >= 15 is 0 Å². The minimum absolute atomic E-state index is 0.800. The van der Waals surface area contributed by atoms with E-state index in [0.29, 0.717) is 0 Å². The van der Waals surface area contributed by atoms with Crippen LogP contribution < -0.4 is 10.6 Å². The summed E-state index contributed by atoms with van der Waals surface area (Å²) >= 11 is 37.6. The Morgan fingerprint density at radius 1 is 0.615 bits per heavy atom. The van der Waals surface area contributed by atoms with Crippen molar-refractivity contribution in [2.75, 3.05) is 0 Å². The highest BCUT2D eigenvalue weighted by Gasteiger charge is 2.55. The van der Waals surface area contributed by atoms with Crippen LogP contribution in [0.1, 0.15) is 0 Å². The highest BCUT2D eigenvalue weighted by molar-refractivity contribution is 7.70. The van der Waals surface area contributed by atoms with Crippen molar-refractivity contribution >= 4 is 96.5 Å². The van der Waals surface area contributed by atoms with Crippen molar-refractivity contribution in [2.45, 2.75) is 19.3 Å². The fourth-order valence-electron chi connectivity index (χ4n) is 2.41. The smallest absolute Gasteiger partial charge is 0.221 e. The van der Waals surface area contributed by atoms with Gasteiger partial charge in [0.1, 0.15) is 11.7 Å². The zero-order valence-corrected chi connectivity index (χ0v) is 19.2. The third-order valence-electron chi connectivity index (χ3n) is 3.48. The monoisotopic (exact) mass is 508 g/mol. The zero-order chi connectivity index (χ0) is 18.9. The van der Waals surface area contributed by atoms with E-state index in [4.69, 9.17) is 78.7 Å². The molecule has 0 aromatic heterocycles. The van der Waals surface area contributed by atoms with Gasteiger partial charge in [0.25, 0.3) is 0 Å². The summed E-state index contributed by atoms with van der Waals surface area (Å²) in [7, 11) is -2.99.